The Hall–Kier alpha value is -3.34. The van der Waals surface area contributed by atoms with Crippen molar-refractivity contribution in [3.8, 4) is 17.3 Å². The van der Waals surface area contributed by atoms with Crippen LogP contribution in [0.1, 0.15) is 43.3 Å². The number of hydrogen-bond donors (Lipinski definition) is 1. The maximum atomic E-state index is 13.7. The van der Waals surface area contributed by atoms with Gasteiger partial charge in [-0.15, -0.1) is 0 Å². The molecule has 1 aliphatic rings. The first-order valence-corrected chi connectivity index (χ1v) is 11.9. The van der Waals surface area contributed by atoms with E-state index in [9.17, 15) is 13.6 Å². The van der Waals surface area contributed by atoms with Crippen LogP contribution in [0.3, 0.4) is 0 Å². The molecule has 0 aliphatic carbocycles. The number of alkyl halides is 2. The third kappa shape index (κ3) is 5.25. The fourth-order valence-corrected chi connectivity index (χ4v) is 4.60. The van der Waals surface area contributed by atoms with Crippen LogP contribution in [0.4, 0.5) is 14.6 Å². The molecule has 4 heterocycles. The number of likely N-dealkylation sites (tertiary alicyclic amines) is 1. The number of ether oxygens (including phenoxy) is 1. The fraction of sp³-hybridized carbons (Fsp3) is 0.458. The predicted octanol–water partition coefficient (Wildman–Crippen LogP) is 4.17. The molecule has 192 valence electrons. The number of methoxy groups -OCH3 is 1. The van der Waals surface area contributed by atoms with E-state index in [1.807, 2.05) is 6.92 Å². The second-order valence-corrected chi connectivity index (χ2v) is 9.39. The Morgan fingerprint density at radius 1 is 1.33 bits per heavy atom. The summed E-state index contributed by atoms with van der Waals surface area (Å²) in [5.41, 5.74) is 1.86. The molecule has 0 spiro atoms. The molecular weight excluding hydrogens is 492 g/mol. The molecule has 2 atom stereocenters. The third-order valence-electron chi connectivity index (χ3n) is 6.24. The van der Waals surface area contributed by atoms with E-state index in [-0.39, 0.29) is 17.8 Å². The molecular formula is C24H28ClF2N7O2. The smallest absolute Gasteiger partial charge is 0.303 e. The van der Waals surface area contributed by atoms with Crippen molar-refractivity contribution < 1.29 is 18.3 Å². The van der Waals surface area contributed by atoms with Gasteiger partial charge >= 0.3 is 5.92 Å². The molecule has 9 nitrogen and oxygen atoms in total. The number of nitrogens with zero attached hydrogens (tertiary/aromatic N) is 6. The van der Waals surface area contributed by atoms with E-state index in [1.165, 1.54) is 20.4 Å². The van der Waals surface area contributed by atoms with E-state index < -0.39 is 17.7 Å². The van der Waals surface area contributed by atoms with Crippen LogP contribution in [0.2, 0.25) is 5.02 Å². The molecule has 3 aromatic rings. The van der Waals surface area contributed by atoms with Crippen LogP contribution < -0.4 is 10.1 Å². The van der Waals surface area contributed by atoms with E-state index in [0.717, 1.165) is 18.0 Å². The van der Waals surface area contributed by atoms with Crippen LogP contribution in [-0.2, 0) is 17.8 Å². The quantitative estimate of drug-likeness (QED) is 0.500. The minimum absolute atomic E-state index is 0.0136. The van der Waals surface area contributed by atoms with Gasteiger partial charge in [-0.2, -0.15) is 13.9 Å². The summed E-state index contributed by atoms with van der Waals surface area (Å²) >= 11 is 6.28. The number of amides is 1. The van der Waals surface area contributed by atoms with Crippen LogP contribution in [0, 0.1) is 6.92 Å². The highest BCUT2D eigenvalue weighted by molar-refractivity contribution is 6.31. The number of halogens is 3. The molecule has 3 aromatic heterocycles. The molecule has 36 heavy (non-hydrogen) atoms. The molecule has 0 bridgehead atoms. The first-order valence-electron chi connectivity index (χ1n) is 11.5. The molecule has 1 fully saturated rings. The first-order chi connectivity index (χ1) is 17.0. The molecule has 0 aromatic carbocycles. The van der Waals surface area contributed by atoms with Crippen molar-refractivity contribution in [1.82, 2.24) is 29.6 Å². The Morgan fingerprint density at radius 3 is 2.72 bits per heavy atom. The largest absolute Gasteiger partial charge is 0.481 e. The number of nitrogens with one attached hydrogen (secondary N) is 1. The number of aromatic nitrogens is 5. The van der Waals surface area contributed by atoms with Gasteiger partial charge in [0.1, 0.15) is 5.82 Å². The summed E-state index contributed by atoms with van der Waals surface area (Å²) < 4.78 is 33.7. The molecule has 4 rings (SSSR count). The van der Waals surface area contributed by atoms with Crippen molar-refractivity contribution in [2.75, 3.05) is 25.5 Å². The molecule has 0 saturated carbocycles. The van der Waals surface area contributed by atoms with E-state index in [2.05, 4.69) is 25.4 Å². The van der Waals surface area contributed by atoms with Gasteiger partial charge in [-0.25, -0.2) is 19.6 Å². The highest BCUT2D eigenvalue weighted by Crippen LogP contribution is 2.31. The Balaban J connectivity index is 1.42. The topological polar surface area (TPSA) is 98.1 Å². The van der Waals surface area contributed by atoms with Crippen LogP contribution in [-0.4, -0.2) is 61.8 Å². The van der Waals surface area contributed by atoms with Crippen molar-refractivity contribution in [3.63, 3.8) is 0 Å². The standard InChI is InChI=1S/C24H28ClF2N7O2/c1-13(17-10-20(36-5)28-11-18(17)25)22(35)34-9-8-15(12-34)30-19-7-6-16(14(2)29-19)21-31-23(24(3,26)27)33(4)32-21/h6-7,10-11,13,15H,8-9,12H2,1-5H3,(H,29,30)/t13-,15-/m0/s1. The number of pyridine rings is 2. The minimum atomic E-state index is -3.10. The average Bonchev–Trinajstić information content (AvgIpc) is 3.45. The lowest BCUT2D eigenvalue weighted by atomic mass is 10.0. The molecule has 12 heteroatoms. The zero-order valence-electron chi connectivity index (χ0n) is 20.7. The van der Waals surface area contributed by atoms with Gasteiger partial charge < -0.3 is 15.0 Å². The van der Waals surface area contributed by atoms with E-state index in [0.29, 0.717) is 46.6 Å². The van der Waals surface area contributed by atoms with E-state index in [1.54, 1.807) is 30.0 Å². The molecule has 1 saturated heterocycles. The van der Waals surface area contributed by atoms with Crippen LogP contribution in [0.5, 0.6) is 5.88 Å². The van der Waals surface area contributed by atoms with Crippen LogP contribution in [0.15, 0.2) is 24.4 Å². The second-order valence-electron chi connectivity index (χ2n) is 8.98. The molecule has 1 N–H and O–H groups in total. The Kier molecular flexibility index (Phi) is 7.12. The number of aryl methyl sites for hydroxylation is 2. The summed E-state index contributed by atoms with van der Waals surface area (Å²) in [6, 6.07) is 5.22. The third-order valence-corrected chi connectivity index (χ3v) is 6.56. The van der Waals surface area contributed by atoms with Crippen molar-refractivity contribution in [1.29, 1.82) is 0 Å². The number of carbonyl (C=O) groups excluding carboxylic acids is 1. The molecule has 0 radical (unpaired) electrons. The van der Waals surface area contributed by atoms with E-state index in [4.69, 9.17) is 16.3 Å². The SMILES string of the molecule is COc1cc([C@H](C)C(=O)N2CC[C@H](Nc3ccc(-c4nc(C(C)(F)F)n(C)n4)c(C)n3)C2)c(Cl)cn1. The Morgan fingerprint density at radius 2 is 2.08 bits per heavy atom. The predicted molar refractivity (Wildman–Crippen MR) is 131 cm³/mol. The van der Waals surface area contributed by atoms with Crippen molar-refractivity contribution in [3.05, 3.63) is 46.5 Å². The lowest BCUT2D eigenvalue weighted by Crippen LogP contribution is -2.34. The summed E-state index contributed by atoms with van der Waals surface area (Å²) in [5, 5.41) is 7.91. The maximum Gasteiger partial charge on any atom is 0.303 e. The lowest BCUT2D eigenvalue weighted by molar-refractivity contribution is -0.131. The number of anilines is 1. The molecule has 1 amide bonds. The Bertz CT molecular complexity index is 1280. The summed E-state index contributed by atoms with van der Waals surface area (Å²) in [6.45, 7) is 5.50. The second kappa shape index (κ2) is 9.96. The normalized spacial score (nSPS) is 16.8. The maximum absolute atomic E-state index is 13.7. The highest BCUT2D eigenvalue weighted by Gasteiger charge is 2.32. The molecule has 1 aliphatic heterocycles. The summed E-state index contributed by atoms with van der Waals surface area (Å²) in [4.78, 5) is 27.6. The Labute approximate surface area is 212 Å². The van der Waals surface area contributed by atoms with Crippen molar-refractivity contribution in [2.45, 2.75) is 45.1 Å². The molecule has 0 unspecified atom stereocenters. The van der Waals surface area contributed by atoms with Gasteiger partial charge in [-0.05, 0) is 38.0 Å². The van der Waals surface area contributed by atoms with Gasteiger partial charge in [-0.3, -0.25) is 4.79 Å². The van der Waals surface area contributed by atoms with E-state index >= 15 is 0 Å². The van der Waals surface area contributed by atoms with Gasteiger partial charge in [-0.1, -0.05) is 11.6 Å². The van der Waals surface area contributed by atoms with Gasteiger partial charge in [0.2, 0.25) is 11.8 Å². The van der Waals surface area contributed by atoms with Gasteiger partial charge in [0.25, 0.3) is 0 Å². The highest BCUT2D eigenvalue weighted by atomic mass is 35.5. The van der Waals surface area contributed by atoms with Crippen molar-refractivity contribution >= 4 is 23.3 Å². The summed E-state index contributed by atoms with van der Waals surface area (Å²) in [7, 11) is 2.95. The van der Waals surface area contributed by atoms with Gasteiger partial charge in [0.05, 0.1) is 23.7 Å². The van der Waals surface area contributed by atoms with Gasteiger partial charge in [0.15, 0.2) is 11.6 Å². The minimum Gasteiger partial charge on any atom is -0.481 e. The zero-order chi connectivity index (χ0) is 26.2. The van der Waals surface area contributed by atoms with Crippen LogP contribution >= 0.6 is 11.6 Å². The summed E-state index contributed by atoms with van der Waals surface area (Å²) in [5.74, 6) is -2.75. The monoisotopic (exact) mass is 519 g/mol. The van der Waals surface area contributed by atoms with Crippen molar-refractivity contribution in [2.24, 2.45) is 7.05 Å². The lowest BCUT2D eigenvalue weighted by Gasteiger charge is -2.22. The van der Waals surface area contributed by atoms with Crippen LogP contribution in [0.25, 0.3) is 11.4 Å². The fourth-order valence-electron chi connectivity index (χ4n) is 4.33. The summed E-state index contributed by atoms with van der Waals surface area (Å²) in [6.07, 6.45) is 2.24. The number of rotatable bonds is 7. The number of carbonyl (C=O) groups is 1. The zero-order valence-corrected chi connectivity index (χ0v) is 21.5. The number of hydrogen-bond acceptors (Lipinski definition) is 7. The average molecular weight is 520 g/mol. The first kappa shape index (κ1) is 25.7. The van der Waals surface area contributed by atoms with Gasteiger partial charge in [0, 0.05) is 50.9 Å².